The predicted molar refractivity (Wildman–Crippen MR) is 66.5 cm³/mol. The SMILES string of the molecule is CCC(C)C(=O)NC1c2ccccc2CC1O. The lowest BCUT2D eigenvalue weighted by Gasteiger charge is -2.20. The number of amides is 1. The second-order valence-electron chi connectivity index (χ2n) is 4.77. The van der Waals surface area contributed by atoms with E-state index in [-0.39, 0.29) is 17.9 Å². The summed E-state index contributed by atoms with van der Waals surface area (Å²) in [4.78, 5) is 11.9. The van der Waals surface area contributed by atoms with Crippen LogP contribution in [0.4, 0.5) is 0 Å². The highest BCUT2D eigenvalue weighted by atomic mass is 16.3. The van der Waals surface area contributed by atoms with E-state index in [4.69, 9.17) is 0 Å². The van der Waals surface area contributed by atoms with Crippen LogP contribution in [-0.2, 0) is 11.2 Å². The molecule has 2 N–H and O–H groups in total. The van der Waals surface area contributed by atoms with Crippen LogP contribution in [0.1, 0.15) is 37.4 Å². The second-order valence-corrected chi connectivity index (χ2v) is 4.77. The second kappa shape index (κ2) is 4.88. The molecular weight excluding hydrogens is 214 g/mol. The topological polar surface area (TPSA) is 49.3 Å². The summed E-state index contributed by atoms with van der Waals surface area (Å²) in [6, 6.07) is 7.65. The lowest BCUT2D eigenvalue weighted by molar-refractivity contribution is -0.126. The van der Waals surface area contributed by atoms with Crippen molar-refractivity contribution in [1.29, 1.82) is 0 Å². The largest absolute Gasteiger partial charge is 0.390 e. The molecule has 3 atom stereocenters. The summed E-state index contributed by atoms with van der Waals surface area (Å²) in [7, 11) is 0. The maximum atomic E-state index is 11.9. The van der Waals surface area contributed by atoms with Gasteiger partial charge in [-0.25, -0.2) is 0 Å². The molecule has 0 bridgehead atoms. The predicted octanol–water partition coefficient (Wildman–Crippen LogP) is 1.81. The van der Waals surface area contributed by atoms with Crippen LogP contribution >= 0.6 is 0 Å². The number of carbonyl (C=O) groups is 1. The molecule has 0 aromatic heterocycles. The van der Waals surface area contributed by atoms with Crippen molar-refractivity contribution in [2.75, 3.05) is 0 Å². The molecule has 0 aliphatic heterocycles. The zero-order chi connectivity index (χ0) is 12.4. The molecule has 92 valence electrons. The Hall–Kier alpha value is -1.35. The molecule has 0 radical (unpaired) electrons. The van der Waals surface area contributed by atoms with Crippen molar-refractivity contribution in [3.8, 4) is 0 Å². The van der Waals surface area contributed by atoms with E-state index in [2.05, 4.69) is 5.32 Å². The number of carbonyl (C=O) groups excluding carboxylic acids is 1. The van der Waals surface area contributed by atoms with Gasteiger partial charge in [-0.1, -0.05) is 38.1 Å². The zero-order valence-corrected chi connectivity index (χ0v) is 10.3. The Bertz CT molecular complexity index is 416. The molecular formula is C14H19NO2. The minimum atomic E-state index is -0.500. The van der Waals surface area contributed by atoms with Gasteiger partial charge in [0, 0.05) is 12.3 Å². The summed E-state index contributed by atoms with van der Waals surface area (Å²) < 4.78 is 0. The quantitative estimate of drug-likeness (QED) is 0.836. The van der Waals surface area contributed by atoms with Gasteiger partial charge >= 0.3 is 0 Å². The van der Waals surface area contributed by atoms with Crippen LogP contribution in [0, 0.1) is 5.92 Å². The average Bonchev–Trinajstić information content (AvgIpc) is 2.65. The van der Waals surface area contributed by atoms with Gasteiger partial charge in [0.2, 0.25) is 5.91 Å². The summed E-state index contributed by atoms with van der Waals surface area (Å²) in [5, 5.41) is 12.9. The number of nitrogens with one attached hydrogen (secondary N) is 1. The Morgan fingerprint density at radius 1 is 1.53 bits per heavy atom. The molecule has 3 nitrogen and oxygen atoms in total. The van der Waals surface area contributed by atoms with Crippen LogP contribution in [0.25, 0.3) is 0 Å². The highest BCUT2D eigenvalue weighted by Gasteiger charge is 2.32. The van der Waals surface area contributed by atoms with Crippen molar-refractivity contribution in [3.63, 3.8) is 0 Å². The van der Waals surface area contributed by atoms with Crippen LogP contribution < -0.4 is 5.32 Å². The van der Waals surface area contributed by atoms with Crippen molar-refractivity contribution in [2.24, 2.45) is 5.92 Å². The van der Waals surface area contributed by atoms with Gasteiger partial charge in [0.25, 0.3) is 0 Å². The number of hydrogen-bond donors (Lipinski definition) is 2. The Balaban J connectivity index is 2.14. The molecule has 3 heteroatoms. The van der Waals surface area contributed by atoms with E-state index >= 15 is 0 Å². The molecule has 2 rings (SSSR count). The van der Waals surface area contributed by atoms with Gasteiger partial charge in [0.15, 0.2) is 0 Å². The molecule has 17 heavy (non-hydrogen) atoms. The number of benzene rings is 1. The summed E-state index contributed by atoms with van der Waals surface area (Å²) in [6.07, 6.45) is 0.943. The molecule has 0 spiro atoms. The van der Waals surface area contributed by atoms with Gasteiger partial charge < -0.3 is 10.4 Å². The Labute approximate surface area is 102 Å². The van der Waals surface area contributed by atoms with E-state index in [1.165, 1.54) is 0 Å². The van der Waals surface area contributed by atoms with Gasteiger partial charge in [-0.05, 0) is 17.5 Å². The first-order valence-corrected chi connectivity index (χ1v) is 6.19. The smallest absolute Gasteiger partial charge is 0.223 e. The van der Waals surface area contributed by atoms with E-state index in [0.29, 0.717) is 6.42 Å². The van der Waals surface area contributed by atoms with E-state index in [9.17, 15) is 9.90 Å². The number of aliphatic hydroxyl groups excluding tert-OH is 1. The molecule has 1 aromatic rings. The fraction of sp³-hybridized carbons (Fsp3) is 0.500. The van der Waals surface area contributed by atoms with Crippen molar-refractivity contribution in [1.82, 2.24) is 5.32 Å². The minimum absolute atomic E-state index is 0.00466. The Morgan fingerprint density at radius 3 is 2.94 bits per heavy atom. The minimum Gasteiger partial charge on any atom is -0.390 e. The van der Waals surface area contributed by atoms with Gasteiger partial charge in [-0.15, -0.1) is 0 Å². The Morgan fingerprint density at radius 2 is 2.24 bits per heavy atom. The van der Waals surface area contributed by atoms with Crippen LogP contribution in [0.3, 0.4) is 0 Å². The van der Waals surface area contributed by atoms with Gasteiger partial charge in [-0.2, -0.15) is 0 Å². The monoisotopic (exact) mass is 233 g/mol. The standard InChI is InChI=1S/C14H19NO2/c1-3-9(2)14(17)15-13-11-7-5-4-6-10(11)8-12(13)16/h4-7,9,12-13,16H,3,8H2,1-2H3,(H,15,17). The fourth-order valence-corrected chi connectivity index (χ4v) is 2.23. The summed E-state index contributed by atoms with van der Waals surface area (Å²) in [5.74, 6) is 0.0169. The third kappa shape index (κ3) is 2.34. The third-order valence-corrected chi connectivity index (χ3v) is 3.56. The van der Waals surface area contributed by atoms with E-state index in [1.807, 2.05) is 38.1 Å². The lowest BCUT2D eigenvalue weighted by Crippen LogP contribution is -2.36. The van der Waals surface area contributed by atoms with Crippen LogP contribution in [0.15, 0.2) is 24.3 Å². The van der Waals surface area contributed by atoms with Gasteiger partial charge in [-0.3, -0.25) is 4.79 Å². The van der Waals surface area contributed by atoms with Crippen molar-refractivity contribution >= 4 is 5.91 Å². The lowest BCUT2D eigenvalue weighted by atomic mass is 10.0. The van der Waals surface area contributed by atoms with Crippen LogP contribution in [0.5, 0.6) is 0 Å². The molecule has 0 saturated heterocycles. The van der Waals surface area contributed by atoms with Crippen molar-refractivity contribution < 1.29 is 9.90 Å². The summed E-state index contributed by atoms with van der Waals surface area (Å²) in [5.41, 5.74) is 2.19. The highest BCUT2D eigenvalue weighted by Crippen LogP contribution is 2.31. The zero-order valence-electron chi connectivity index (χ0n) is 10.3. The fourth-order valence-electron chi connectivity index (χ4n) is 2.23. The molecule has 1 aliphatic rings. The van der Waals surface area contributed by atoms with E-state index in [1.54, 1.807) is 0 Å². The van der Waals surface area contributed by atoms with Crippen LogP contribution in [0.2, 0.25) is 0 Å². The maximum absolute atomic E-state index is 11.9. The number of aliphatic hydroxyl groups is 1. The first-order chi connectivity index (χ1) is 8.13. The van der Waals surface area contributed by atoms with E-state index in [0.717, 1.165) is 17.5 Å². The van der Waals surface area contributed by atoms with Gasteiger partial charge in [0.05, 0.1) is 12.1 Å². The molecule has 1 aliphatic carbocycles. The van der Waals surface area contributed by atoms with Crippen LogP contribution in [-0.4, -0.2) is 17.1 Å². The first-order valence-electron chi connectivity index (χ1n) is 6.19. The highest BCUT2D eigenvalue weighted by molar-refractivity contribution is 5.79. The first kappa shape index (κ1) is 12.1. The number of rotatable bonds is 3. The van der Waals surface area contributed by atoms with Crippen molar-refractivity contribution in [2.45, 2.75) is 38.8 Å². The number of hydrogen-bond acceptors (Lipinski definition) is 2. The Kier molecular flexibility index (Phi) is 3.48. The molecule has 0 saturated carbocycles. The molecule has 1 aromatic carbocycles. The maximum Gasteiger partial charge on any atom is 0.223 e. The normalized spacial score (nSPS) is 24.2. The van der Waals surface area contributed by atoms with E-state index < -0.39 is 6.10 Å². The van der Waals surface area contributed by atoms with Crippen molar-refractivity contribution in [3.05, 3.63) is 35.4 Å². The number of fused-ring (bicyclic) bond motifs is 1. The summed E-state index contributed by atoms with van der Waals surface area (Å²) >= 11 is 0. The van der Waals surface area contributed by atoms with Gasteiger partial charge in [0.1, 0.15) is 0 Å². The molecule has 0 fully saturated rings. The summed E-state index contributed by atoms with van der Waals surface area (Å²) in [6.45, 7) is 3.89. The average molecular weight is 233 g/mol. The molecule has 1 amide bonds. The molecule has 0 heterocycles. The molecule has 3 unspecified atom stereocenters. The third-order valence-electron chi connectivity index (χ3n) is 3.56.